The van der Waals surface area contributed by atoms with Crippen LogP contribution in [0.1, 0.15) is 0 Å². The fourth-order valence-electron chi connectivity index (χ4n) is 1.46. The number of rotatable bonds is 3. The van der Waals surface area contributed by atoms with E-state index in [9.17, 15) is 0 Å². The van der Waals surface area contributed by atoms with Crippen molar-refractivity contribution in [3.8, 4) is 11.1 Å². The quantitative estimate of drug-likeness (QED) is 0.459. The van der Waals surface area contributed by atoms with Crippen LogP contribution in [-0.2, 0) is 6.54 Å². The standard InChI is InChI=1S/C12H13N2O.2HI/c15-10-9-14-7-3-12(4-8-14)11-1-5-13-6-2-11;;/h1-8,15H,9-10H2;2*1H/q+1;;/p-1. The molecule has 2 aromatic heterocycles. The molecule has 0 amide bonds. The largest absolute Gasteiger partial charge is 1.00 e. The van der Waals surface area contributed by atoms with Crippen LogP contribution in [0.4, 0.5) is 0 Å². The molecule has 92 valence electrons. The number of aromatic nitrogens is 2. The Morgan fingerprint density at radius 1 is 1.00 bits per heavy atom. The van der Waals surface area contributed by atoms with E-state index in [1.54, 1.807) is 12.4 Å². The molecule has 0 radical (unpaired) electrons. The highest BCUT2D eigenvalue weighted by Gasteiger charge is 2.01. The Balaban J connectivity index is 0.00000128. The summed E-state index contributed by atoms with van der Waals surface area (Å²) >= 11 is 0. The maximum atomic E-state index is 8.78. The third-order valence-electron chi connectivity index (χ3n) is 2.26. The van der Waals surface area contributed by atoms with Crippen molar-refractivity contribution < 1.29 is 33.7 Å². The van der Waals surface area contributed by atoms with Gasteiger partial charge in [-0.25, -0.2) is 4.57 Å². The number of hydrogen-bond donors (Lipinski definition) is 1. The first-order chi connectivity index (χ1) is 7.40. The second kappa shape index (κ2) is 8.76. The van der Waals surface area contributed by atoms with Gasteiger partial charge in [0.2, 0.25) is 0 Å². The van der Waals surface area contributed by atoms with Crippen LogP contribution < -0.4 is 28.5 Å². The molecule has 0 spiro atoms. The molecule has 2 aromatic rings. The first-order valence-corrected chi connectivity index (χ1v) is 4.90. The Kier molecular flexibility index (Phi) is 8.61. The van der Waals surface area contributed by atoms with Gasteiger partial charge in [0.05, 0.1) is 0 Å². The zero-order valence-electron chi connectivity index (χ0n) is 9.16. The molecule has 0 saturated carbocycles. The minimum absolute atomic E-state index is 0. The zero-order chi connectivity index (χ0) is 10.5. The molecule has 1 N–H and O–H groups in total. The minimum atomic E-state index is 0. The molecule has 5 heteroatoms. The summed E-state index contributed by atoms with van der Waals surface area (Å²) in [4.78, 5) is 3.98. The predicted molar refractivity (Wildman–Crippen MR) is 72.4 cm³/mol. The van der Waals surface area contributed by atoms with E-state index in [0.717, 1.165) is 11.1 Å². The Hall–Kier alpha value is -0.280. The van der Waals surface area contributed by atoms with Gasteiger partial charge in [0, 0.05) is 24.5 Å². The molecule has 3 nitrogen and oxygen atoms in total. The Bertz CT molecular complexity index is 420. The number of aliphatic hydroxyl groups excluding tert-OH is 1. The summed E-state index contributed by atoms with van der Waals surface area (Å²) in [6.45, 7) is 0.801. The smallest absolute Gasteiger partial charge is 0.171 e. The molecular weight excluding hydrogens is 442 g/mol. The molecule has 0 aliphatic heterocycles. The lowest BCUT2D eigenvalue weighted by atomic mass is 10.1. The topological polar surface area (TPSA) is 37.0 Å². The summed E-state index contributed by atoms with van der Waals surface area (Å²) in [7, 11) is 0. The van der Waals surface area contributed by atoms with Gasteiger partial charge in [-0.2, -0.15) is 0 Å². The fraction of sp³-hybridized carbons (Fsp3) is 0.167. The van der Waals surface area contributed by atoms with Crippen LogP contribution in [0.25, 0.3) is 11.1 Å². The van der Waals surface area contributed by atoms with Gasteiger partial charge in [-0.3, -0.25) is 4.98 Å². The highest BCUT2D eigenvalue weighted by Crippen LogP contribution is 2.15. The van der Waals surface area contributed by atoms with E-state index < -0.39 is 0 Å². The summed E-state index contributed by atoms with van der Waals surface area (Å²) in [5.74, 6) is 0. The lowest BCUT2D eigenvalue weighted by Crippen LogP contribution is -3.00. The minimum Gasteiger partial charge on any atom is -1.00 e. The average Bonchev–Trinajstić information content (AvgIpc) is 2.32. The lowest BCUT2D eigenvalue weighted by molar-refractivity contribution is -0.698. The van der Waals surface area contributed by atoms with E-state index in [-0.39, 0.29) is 54.6 Å². The van der Waals surface area contributed by atoms with Gasteiger partial charge in [-0.1, -0.05) is 0 Å². The van der Waals surface area contributed by atoms with Crippen molar-refractivity contribution in [1.29, 1.82) is 0 Å². The van der Waals surface area contributed by atoms with Gasteiger partial charge < -0.3 is 29.1 Å². The van der Waals surface area contributed by atoms with E-state index in [4.69, 9.17) is 5.11 Å². The highest BCUT2D eigenvalue weighted by atomic mass is 127. The number of pyridine rings is 2. The first-order valence-electron chi connectivity index (χ1n) is 4.90. The molecule has 0 aromatic carbocycles. The van der Waals surface area contributed by atoms with Gasteiger partial charge in [0.1, 0.15) is 6.61 Å². The van der Waals surface area contributed by atoms with Crippen molar-refractivity contribution in [3.05, 3.63) is 49.1 Å². The van der Waals surface area contributed by atoms with Gasteiger partial charge in [-0.15, -0.1) is 24.0 Å². The molecule has 0 unspecified atom stereocenters. The monoisotopic (exact) mass is 456 g/mol. The molecule has 0 saturated heterocycles. The molecule has 0 fully saturated rings. The Labute approximate surface area is 135 Å². The summed E-state index contributed by atoms with van der Waals surface area (Å²) in [6.07, 6.45) is 7.49. The van der Waals surface area contributed by atoms with Crippen molar-refractivity contribution >= 4 is 24.0 Å². The first kappa shape index (κ1) is 16.7. The third kappa shape index (κ3) is 4.84. The van der Waals surface area contributed by atoms with Gasteiger partial charge in [0.25, 0.3) is 0 Å². The SMILES string of the molecule is I.OCC[n+]1ccc(-c2ccncc2)cc1.[I-]. The predicted octanol–water partition coefficient (Wildman–Crippen LogP) is -1.35. The molecule has 2 heterocycles. The van der Waals surface area contributed by atoms with Crippen molar-refractivity contribution in [2.45, 2.75) is 6.54 Å². The molecule has 17 heavy (non-hydrogen) atoms. The van der Waals surface area contributed by atoms with E-state index in [1.165, 1.54) is 0 Å². The number of halogens is 2. The summed E-state index contributed by atoms with van der Waals surface area (Å²) in [6, 6.07) is 8.02. The molecule has 0 atom stereocenters. The van der Waals surface area contributed by atoms with E-state index in [0.29, 0.717) is 6.54 Å². The van der Waals surface area contributed by atoms with Crippen LogP contribution in [0.2, 0.25) is 0 Å². The molecule has 0 aliphatic carbocycles. The molecule has 0 aliphatic rings. The average molecular weight is 456 g/mol. The lowest BCUT2D eigenvalue weighted by Gasteiger charge is -1.99. The van der Waals surface area contributed by atoms with Crippen LogP contribution in [0.3, 0.4) is 0 Å². The summed E-state index contributed by atoms with van der Waals surface area (Å²) < 4.78 is 1.95. The van der Waals surface area contributed by atoms with E-state index >= 15 is 0 Å². The van der Waals surface area contributed by atoms with Crippen molar-refractivity contribution in [3.63, 3.8) is 0 Å². The summed E-state index contributed by atoms with van der Waals surface area (Å²) in [5, 5.41) is 8.78. The van der Waals surface area contributed by atoms with Gasteiger partial charge in [-0.05, 0) is 23.3 Å². The number of hydrogen-bond acceptors (Lipinski definition) is 2. The number of nitrogens with zero attached hydrogens (tertiary/aromatic N) is 2. The second-order valence-electron chi connectivity index (χ2n) is 3.28. The van der Waals surface area contributed by atoms with Gasteiger partial charge in [0.15, 0.2) is 18.9 Å². The molecular formula is C12H14I2N2O. The third-order valence-corrected chi connectivity index (χ3v) is 2.26. The fourth-order valence-corrected chi connectivity index (χ4v) is 1.46. The van der Waals surface area contributed by atoms with Crippen LogP contribution in [0.15, 0.2) is 49.1 Å². The van der Waals surface area contributed by atoms with Gasteiger partial charge >= 0.3 is 0 Å². The second-order valence-corrected chi connectivity index (χ2v) is 3.28. The van der Waals surface area contributed by atoms with Crippen LogP contribution in [0, 0.1) is 0 Å². The maximum Gasteiger partial charge on any atom is 0.171 e. The zero-order valence-corrected chi connectivity index (χ0v) is 13.6. The molecule has 0 bridgehead atoms. The highest BCUT2D eigenvalue weighted by molar-refractivity contribution is 14.0. The number of aliphatic hydroxyl groups is 1. The van der Waals surface area contributed by atoms with Crippen molar-refractivity contribution in [1.82, 2.24) is 4.98 Å². The Morgan fingerprint density at radius 3 is 2.06 bits per heavy atom. The van der Waals surface area contributed by atoms with Crippen LogP contribution in [0.5, 0.6) is 0 Å². The van der Waals surface area contributed by atoms with Crippen molar-refractivity contribution in [2.24, 2.45) is 0 Å². The maximum absolute atomic E-state index is 8.78. The molecule has 2 rings (SSSR count). The van der Waals surface area contributed by atoms with Crippen molar-refractivity contribution in [2.75, 3.05) is 6.61 Å². The van der Waals surface area contributed by atoms with Crippen LogP contribution in [-0.4, -0.2) is 16.7 Å². The summed E-state index contributed by atoms with van der Waals surface area (Å²) in [5.41, 5.74) is 2.31. The normalized spacial score (nSPS) is 9.00. The van der Waals surface area contributed by atoms with E-state index in [1.807, 2.05) is 41.2 Å². The Morgan fingerprint density at radius 2 is 1.53 bits per heavy atom. The van der Waals surface area contributed by atoms with Crippen LogP contribution >= 0.6 is 24.0 Å². The van der Waals surface area contributed by atoms with E-state index in [2.05, 4.69) is 4.98 Å².